The van der Waals surface area contributed by atoms with Crippen molar-refractivity contribution in [2.75, 3.05) is 11.1 Å². The number of nitro groups is 1. The molecule has 0 aliphatic heterocycles. The number of thioether (sulfide) groups is 1. The fourth-order valence-electron chi connectivity index (χ4n) is 3.12. The summed E-state index contributed by atoms with van der Waals surface area (Å²) in [5, 5.41) is 21.6. The van der Waals surface area contributed by atoms with Crippen LogP contribution in [0, 0.1) is 10.1 Å². The molecule has 0 fully saturated rings. The Bertz CT molecular complexity index is 1220. The standard InChI is InChI=1S/C22H22F3N5O3S/c1-21(2,3)14-7-5-13(6-8-14)19-27-28-20(29(19)4)34-12-18(31)26-17-10-9-15(30(32)33)11-16(17)22(23,24)25/h5-11H,12H2,1-4H3,(H,26,31). The summed E-state index contributed by atoms with van der Waals surface area (Å²) in [7, 11) is 1.73. The number of nitrogens with one attached hydrogen (secondary N) is 1. The molecule has 3 rings (SSSR count). The summed E-state index contributed by atoms with van der Waals surface area (Å²) in [6.07, 6.45) is -4.87. The number of anilines is 1. The largest absolute Gasteiger partial charge is 0.418 e. The van der Waals surface area contributed by atoms with Gasteiger partial charge in [0.2, 0.25) is 5.91 Å². The fraction of sp³-hybridized carbons (Fsp3) is 0.318. The van der Waals surface area contributed by atoms with Crippen molar-refractivity contribution >= 4 is 29.0 Å². The summed E-state index contributed by atoms with van der Waals surface area (Å²) in [6, 6.07) is 10.0. The maximum atomic E-state index is 13.3. The number of amides is 1. The van der Waals surface area contributed by atoms with Crippen molar-refractivity contribution in [1.82, 2.24) is 14.8 Å². The van der Waals surface area contributed by atoms with Crippen molar-refractivity contribution in [3.05, 3.63) is 63.7 Å². The van der Waals surface area contributed by atoms with Gasteiger partial charge in [0.15, 0.2) is 11.0 Å². The average Bonchev–Trinajstić information content (AvgIpc) is 3.11. The number of carbonyl (C=O) groups excluding carboxylic acids is 1. The smallest absolute Gasteiger partial charge is 0.325 e. The number of nitrogens with zero attached hydrogens (tertiary/aromatic N) is 4. The minimum Gasteiger partial charge on any atom is -0.325 e. The molecule has 2 aromatic carbocycles. The molecule has 1 aromatic heterocycles. The highest BCUT2D eigenvalue weighted by Crippen LogP contribution is 2.37. The zero-order chi connectivity index (χ0) is 25.3. The Morgan fingerprint density at radius 1 is 1.12 bits per heavy atom. The molecule has 0 bridgehead atoms. The third kappa shape index (κ3) is 5.74. The van der Waals surface area contributed by atoms with Gasteiger partial charge < -0.3 is 9.88 Å². The molecule has 0 radical (unpaired) electrons. The summed E-state index contributed by atoms with van der Waals surface area (Å²) in [6.45, 7) is 6.33. The summed E-state index contributed by atoms with van der Waals surface area (Å²) >= 11 is 1.01. The first-order valence-corrected chi connectivity index (χ1v) is 11.0. The lowest BCUT2D eigenvalue weighted by atomic mass is 9.87. The van der Waals surface area contributed by atoms with Crippen LogP contribution in [0.1, 0.15) is 31.9 Å². The predicted octanol–water partition coefficient (Wildman–Crippen LogP) is 5.44. The number of alkyl halides is 3. The first kappa shape index (κ1) is 25.2. The van der Waals surface area contributed by atoms with Crippen LogP contribution in [-0.4, -0.2) is 31.3 Å². The molecule has 3 aromatic rings. The van der Waals surface area contributed by atoms with Crippen LogP contribution < -0.4 is 5.32 Å². The van der Waals surface area contributed by atoms with Gasteiger partial charge in [-0.1, -0.05) is 56.8 Å². The molecule has 1 heterocycles. The number of carbonyl (C=O) groups is 1. The third-order valence-corrected chi connectivity index (χ3v) is 5.99. The second kappa shape index (κ2) is 9.45. The van der Waals surface area contributed by atoms with Gasteiger partial charge in [-0.05, 0) is 17.0 Å². The van der Waals surface area contributed by atoms with Crippen molar-refractivity contribution < 1.29 is 22.9 Å². The van der Waals surface area contributed by atoms with Gasteiger partial charge in [-0.15, -0.1) is 10.2 Å². The Morgan fingerprint density at radius 2 is 1.76 bits per heavy atom. The van der Waals surface area contributed by atoms with Crippen molar-refractivity contribution in [3.63, 3.8) is 0 Å². The number of hydrogen-bond donors (Lipinski definition) is 1. The highest BCUT2D eigenvalue weighted by atomic mass is 32.2. The topological polar surface area (TPSA) is 103 Å². The van der Waals surface area contributed by atoms with E-state index < -0.39 is 33.9 Å². The predicted molar refractivity (Wildman–Crippen MR) is 123 cm³/mol. The Morgan fingerprint density at radius 3 is 2.32 bits per heavy atom. The van der Waals surface area contributed by atoms with Gasteiger partial charge in [0.05, 0.1) is 21.9 Å². The lowest BCUT2D eigenvalue weighted by Crippen LogP contribution is -2.18. The van der Waals surface area contributed by atoms with Gasteiger partial charge >= 0.3 is 6.18 Å². The Balaban J connectivity index is 1.71. The third-order valence-electron chi connectivity index (χ3n) is 4.97. The van der Waals surface area contributed by atoms with E-state index >= 15 is 0 Å². The van der Waals surface area contributed by atoms with E-state index in [1.165, 1.54) is 0 Å². The molecule has 0 saturated heterocycles. The molecule has 0 spiro atoms. The molecule has 0 unspecified atom stereocenters. The van der Waals surface area contributed by atoms with Gasteiger partial charge in [0, 0.05) is 24.7 Å². The van der Waals surface area contributed by atoms with Gasteiger partial charge in [-0.25, -0.2) is 0 Å². The molecule has 8 nitrogen and oxygen atoms in total. The number of rotatable bonds is 6. The Labute approximate surface area is 197 Å². The molecular weight excluding hydrogens is 471 g/mol. The van der Waals surface area contributed by atoms with Gasteiger partial charge in [0.1, 0.15) is 0 Å². The molecular formula is C22H22F3N5O3S. The van der Waals surface area contributed by atoms with Crippen LogP contribution in [0.3, 0.4) is 0 Å². The number of non-ortho nitro benzene ring substituents is 1. The zero-order valence-electron chi connectivity index (χ0n) is 18.8. The number of nitro benzene ring substituents is 1. The molecule has 0 saturated carbocycles. The highest BCUT2D eigenvalue weighted by molar-refractivity contribution is 7.99. The van der Waals surface area contributed by atoms with Gasteiger partial charge in [0.25, 0.3) is 5.69 Å². The van der Waals surface area contributed by atoms with Crippen molar-refractivity contribution in [2.24, 2.45) is 7.05 Å². The SMILES string of the molecule is Cn1c(SCC(=O)Nc2ccc([N+](=O)[O-])cc2C(F)(F)F)nnc1-c1ccc(C(C)(C)C)cc1. The molecule has 0 atom stereocenters. The van der Waals surface area contributed by atoms with E-state index in [-0.39, 0.29) is 11.2 Å². The van der Waals surface area contributed by atoms with Crippen LogP contribution in [0.4, 0.5) is 24.5 Å². The van der Waals surface area contributed by atoms with Crippen molar-refractivity contribution in [3.8, 4) is 11.4 Å². The Kier molecular flexibility index (Phi) is 7.01. The number of halogens is 3. The summed E-state index contributed by atoms with van der Waals surface area (Å²) in [5.41, 5.74) is -0.570. The maximum absolute atomic E-state index is 13.3. The average molecular weight is 494 g/mol. The second-order valence-electron chi connectivity index (χ2n) is 8.51. The quantitative estimate of drug-likeness (QED) is 0.279. The van der Waals surface area contributed by atoms with E-state index in [4.69, 9.17) is 0 Å². The fourth-order valence-corrected chi connectivity index (χ4v) is 3.83. The lowest BCUT2D eigenvalue weighted by Gasteiger charge is -2.19. The molecule has 180 valence electrons. The van der Waals surface area contributed by atoms with Crippen LogP contribution in [0.2, 0.25) is 0 Å². The van der Waals surface area contributed by atoms with Crippen LogP contribution in [-0.2, 0) is 23.4 Å². The van der Waals surface area contributed by atoms with E-state index in [1.807, 2.05) is 24.3 Å². The van der Waals surface area contributed by atoms with E-state index in [2.05, 4.69) is 36.3 Å². The van der Waals surface area contributed by atoms with Gasteiger partial charge in [-0.2, -0.15) is 13.2 Å². The van der Waals surface area contributed by atoms with Crippen molar-refractivity contribution in [2.45, 2.75) is 37.5 Å². The molecule has 1 amide bonds. The Hall–Kier alpha value is -3.41. The normalized spacial score (nSPS) is 12.0. The zero-order valence-corrected chi connectivity index (χ0v) is 19.6. The first-order chi connectivity index (χ1) is 15.8. The number of aromatic nitrogens is 3. The van der Waals surface area contributed by atoms with Crippen LogP contribution in [0.5, 0.6) is 0 Å². The minimum absolute atomic E-state index is 0.00242. The van der Waals surface area contributed by atoms with E-state index in [0.717, 1.165) is 35.0 Å². The summed E-state index contributed by atoms with van der Waals surface area (Å²) in [4.78, 5) is 22.2. The van der Waals surface area contributed by atoms with Crippen LogP contribution in [0.15, 0.2) is 47.6 Å². The molecule has 0 aliphatic carbocycles. The lowest BCUT2D eigenvalue weighted by molar-refractivity contribution is -0.385. The van der Waals surface area contributed by atoms with Gasteiger partial charge in [-0.3, -0.25) is 14.9 Å². The molecule has 1 N–H and O–H groups in total. The molecule has 34 heavy (non-hydrogen) atoms. The van der Waals surface area contributed by atoms with Crippen LogP contribution in [0.25, 0.3) is 11.4 Å². The number of benzene rings is 2. The maximum Gasteiger partial charge on any atom is 0.418 e. The summed E-state index contributed by atoms with van der Waals surface area (Å²) < 4.78 is 41.6. The highest BCUT2D eigenvalue weighted by Gasteiger charge is 2.35. The molecule has 0 aliphatic rings. The van der Waals surface area contributed by atoms with E-state index in [1.54, 1.807) is 11.6 Å². The van der Waals surface area contributed by atoms with E-state index in [9.17, 15) is 28.1 Å². The minimum atomic E-state index is -4.87. The summed E-state index contributed by atoms with van der Waals surface area (Å²) in [5.74, 6) is -0.370. The number of hydrogen-bond acceptors (Lipinski definition) is 6. The van der Waals surface area contributed by atoms with Crippen LogP contribution >= 0.6 is 11.8 Å². The monoisotopic (exact) mass is 493 g/mol. The van der Waals surface area contributed by atoms with Crippen molar-refractivity contribution in [1.29, 1.82) is 0 Å². The first-order valence-electron chi connectivity index (χ1n) is 10.1. The second-order valence-corrected chi connectivity index (χ2v) is 9.46. The van der Waals surface area contributed by atoms with E-state index in [0.29, 0.717) is 17.0 Å². The molecule has 12 heteroatoms.